The molecule has 0 aliphatic carbocycles. The van der Waals surface area contributed by atoms with Crippen molar-refractivity contribution in [2.75, 3.05) is 10.6 Å². The largest absolute Gasteiger partial charge is 0.326 e. The van der Waals surface area contributed by atoms with Gasteiger partial charge in [-0.25, -0.2) is 9.97 Å². The van der Waals surface area contributed by atoms with Gasteiger partial charge < -0.3 is 10.6 Å². The zero-order valence-electron chi connectivity index (χ0n) is 13.8. The van der Waals surface area contributed by atoms with Crippen molar-refractivity contribution >= 4 is 50.6 Å². The van der Waals surface area contributed by atoms with Crippen molar-refractivity contribution in [2.45, 2.75) is 13.3 Å². The van der Waals surface area contributed by atoms with Crippen LogP contribution in [0.4, 0.5) is 11.5 Å². The third kappa shape index (κ3) is 4.96. The Labute approximate surface area is 162 Å². The molecule has 0 aliphatic rings. The van der Waals surface area contributed by atoms with E-state index in [1.54, 1.807) is 42.6 Å². The fraction of sp³-hybridized carbons (Fsp3) is 0.111. The van der Waals surface area contributed by atoms with Crippen molar-refractivity contribution < 1.29 is 9.59 Å². The molecule has 132 valence electrons. The van der Waals surface area contributed by atoms with Gasteiger partial charge in [-0.3, -0.25) is 9.59 Å². The molecule has 3 aromatic rings. The van der Waals surface area contributed by atoms with Crippen molar-refractivity contribution in [3.63, 3.8) is 0 Å². The van der Waals surface area contributed by atoms with Crippen LogP contribution in [0.25, 0.3) is 0 Å². The average molecular weight is 431 g/mol. The molecule has 2 aromatic heterocycles. The Morgan fingerprint density at radius 1 is 1.19 bits per heavy atom. The standard InChI is InChI=1S/C18H15BrN4O2S/c1-11-21-15(10-26-11)8-17(24)22-14-4-2-3-12(7-14)18(25)23-16-6-5-13(19)9-20-16/h2-7,9-10H,8H2,1H3,(H,22,24)(H,20,23,25). The first-order valence-electron chi connectivity index (χ1n) is 7.73. The number of rotatable bonds is 5. The molecule has 0 saturated carbocycles. The van der Waals surface area contributed by atoms with E-state index < -0.39 is 0 Å². The maximum atomic E-state index is 12.3. The molecule has 6 nitrogen and oxygen atoms in total. The second-order valence-electron chi connectivity index (χ2n) is 5.48. The van der Waals surface area contributed by atoms with Crippen LogP contribution in [0.15, 0.2) is 52.4 Å². The van der Waals surface area contributed by atoms with Gasteiger partial charge >= 0.3 is 0 Å². The first kappa shape index (κ1) is 18.2. The molecular formula is C18H15BrN4O2S. The summed E-state index contributed by atoms with van der Waals surface area (Å²) in [7, 11) is 0. The van der Waals surface area contributed by atoms with E-state index in [0.717, 1.165) is 15.2 Å². The minimum Gasteiger partial charge on any atom is -0.326 e. The summed E-state index contributed by atoms with van der Waals surface area (Å²) in [6.45, 7) is 1.90. The number of aromatic nitrogens is 2. The second-order valence-corrected chi connectivity index (χ2v) is 7.46. The summed E-state index contributed by atoms with van der Waals surface area (Å²) in [5, 5.41) is 8.30. The van der Waals surface area contributed by atoms with E-state index in [-0.39, 0.29) is 18.2 Å². The molecule has 0 bridgehead atoms. The molecule has 0 fully saturated rings. The van der Waals surface area contributed by atoms with Crippen LogP contribution in [-0.2, 0) is 11.2 Å². The number of nitrogens with zero attached hydrogens (tertiary/aromatic N) is 2. The average Bonchev–Trinajstić information content (AvgIpc) is 3.01. The van der Waals surface area contributed by atoms with Crippen LogP contribution in [0.1, 0.15) is 21.1 Å². The van der Waals surface area contributed by atoms with Crippen LogP contribution < -0.4 is 10.6 Å². The van der Waals surface area contributed by atoms with E-state index in [2.05, 4.69) is 36.5 Å². The molecule has 2 amide bonds. The van der Waals surface area contributed by atoms with Gasteiger partial charge in [-0.05, 0) is 53.2 Å². The van der Waals surface area contributed by atoms with E-state index in [1.807, 2.05) is 12.3 Å². The van der Waals surface area contributed by atoms with Crippen LogP contribution in [0, 0.1) is 6.92 Å². The molecule has 3 rings (SSSR count). The Balaban J connectivity index is 1.64. The Morgan fingerprint density at radius 2 is 2.04 bits per heavy atom. The number of benzene rings is 1. The minimum atomic E-state index is -0.300. The highest BCUT2D eigenvalue weighted by Crippen LogP contribution is 2.15. The van der Waals surface area contributed by atoms with Crippen LogP contribution in [0.2, 0.25) is 0 Å². The van der Waals surface area contributed by atoms with Crippen LogP contribution in [0.3, 0.4) is 0 Å². The number of hydrogen-bond acceptors (Lipinski definition) is 5. The molecule has 1 aromatic carbocycles. The molecule has 0 saturated heterocycles. The van der Waals surface area contributed by atoms with Gasteiger partial charge in [0.25, 0.3) is 5.91 Å². The van der Waals surface area contributed by atoms with Gasteiger partial charge in [0.15, 0.2) is 0 Å². The number of halogens is 1. The van der Waals surface area contributed by atoms with Gasteiger partial charge in [-0.2, -0.15) is 0 Å². The van der Waals surface area contributed by atoms with Crippen molar-refractivity contribution in [3.05, 3.63) is 68.7 Å². The SMILES string of the molecule is Cc1nc(CC(=O)Nc2cccc(C(=O)Nc3ccc(Br)cn3)c2)cs1. The third-order valence-corrected chi connectivity index (χ3v) is 4.68. The second kappa shape index (κ2) is 8.20. The number of nitrogens with one attached hydrogen (secondary N) is 2. The number of pyridine rings is 1. The molecule has 0 atom stereocenters. The van der Waals surface area contributed by atoms with Crippen LogP contribution in [0.5, 0.6) is 0 Å². The summed E-state index contributed by atoms with van der Waals surface area (Å²) in [5.74, 6) is -0.0278. The maximum absolute atomic E-state index is 12.3. The van der Waals surface area contributed by atoms with Gasteiger partial charge in [0.05, 0.1) is 17.1 Å². The molecular weight excluding hydrogens is 416 g/mol. The first-order valence-corrected chi connectivity index (χ1v) is 9.41. The molecule has 26 heavy (non-hydrogen) atoms. The fourth-order valence-corrected chi connectivity index (χ4v) is 3.08. The smallest absolute Gasteiger partial charge is 0.256 e. The topological polar surface area (TPSA) is 84.0 Å². The van der Waals surface area contributed by atoms with Gasteiger partial charge in [0, 0.05) is 27.3 Å². The lowest BCUT2D eigenvalue weighted by molar-refractivity contribution is -0.115. The molecule has 2 N–H and O–H groups in total. The zero-order valence-corrected chi connectivity index (χ0v) is 16.2. The van der Waals surface area contributed by atoms with E-state index in [9.17, 15) is 9.59 Å². The number of amides is 2. The predicted molar refractivity (Wildman–Crippen MR) is 106 cm³/mol. The van der Waals surface area contributed by atoms with E-state index in [4.69, 9.17) is 0 Å². The highest BCUT2D eigenvalue weighted by molar-refractivity contribution is 9.10. The lowest BCUT2D eigenvalue weighted by Gasteiger charge is -2.08. The third-order valence-electron chi connectivity index (χ3n) is 3.39. The van der Waals surface area contributed by atoms with Crippen LogP contribution >= 0.6 is 27.3 Å². The normalized spacial score (nSPS) is 10.4. The summed E-state index contributed by atoms with van der Waals surface area (Å²) in [6.07, 6.45) is 1.80. The highest BCUT2D eigenvalue weighted by atomic mass is 79.9. The minimum absolute atomic E-state index is 0.178. The Morgan fingerprint density at radius 3 is 2.73 bits per heavy atom. The number of carbonyl (C=O) groups is 2. The van der Waals surface area contributed by atoms with Gasteiger partial charge in [0.1, 0.15) is 5.82 Å². The van der Waals surface area contributed by atoms with E-state index in [1.165, 1.54) is 11.3 Å². The number of aryl methyl sites for hydroxylation is 1. The predicted octanol–water partition coefficient (Wildman–Crippen LogP) is 4.04. The Bertz CT molecular complexity index is 940. The van der Waals surface area contributed by atoms with Crippen LogP contribution in [-0.4, -0.2) is 21.8 Å². The fourth-order valence-electron chi connectivity index (χ4n) is 2.24. The first-order chi connectivity index (χ1) is 12.5. The van der Waals surface area contributed by atoms with Crippen molar-refractivity contribution in [1.29, 1.82) is 0 Å². The van der Waals surface area contributed by atoms with Crippen molar-refractivity contribution in [2.24, 2.45) is 0 Å². The number of anilines is 2. The monoisotopic (exact) mass is 430 g/mol. The molecule has 0 unspecified atom stereocenters. The van der Waals surface area contributed by atoms with E-state index in [0.29, 0.717) is 17.1 Å². The molecule has 0 spiro atoms. The zero-order chi connectivity index (χ0) is 18.5. The number of thiazole rings is 1. The molecule has 0 radical (unpaired) electrons. The van der Waals surface area contributed by atoms with Crippen molar-refractivity contribution in [3.8, 4) is 0 Å². The lowest BCUT2D eigenvalue weighted by Crippen LogP contribution is -2.16. The summed E-state index contributed by atoms with van der Waals surface area (Å²) in [4.78, 5) is 32.9. The lowest BCUT2D eigenvalue weighted by atomic mass is 10.2. The summed E-state index contributed by atoms with van der Waals surface area (Å²) in [6, 6.07) is 10.2. The van der Waals surface area contributed by atoms with Crippen molar-refractivity contribution in [1.82, 2.24) is 9.97 Å². The highest BCUT2D eigenvalue weighted by Gasteiger charge is 2.10. The van der Waals surface area contributed by atoms with Gasteiger partial charge in [0.2, 0.25) is 5.91 Å². The molecule has 8 heteroatoms. The molecule has 2 heterocycles. The summed E-state index contributed by atoms with van der Waals surface area (Å²) in [5.41, 5.74) is 1.72. The summed E-state index contributed by atoms with van der Waals surface area (Å²) >= 11 is 4.80. The number of hydrogen-bond donors (Lipinski definition) is 2. The van der Waals surface area contributed by atoms with Gasteiger partial charge in [-0.15, -0.1) is 11.3 Å². The Kier molecular flexibility index (Phi) is 5.75. The number of carbonyl (C=O) groups excluding carboxylic acids is 2. The van der Waals surface area contributed by atoms with E-state index >= 15 is 0 Å². The van der Waals surface area contributed by atoms with Gasteiger partial charge in [-0.1, -0.05) is 6.07 Å². The Hall–Kier alpha value is -2.58. The molecule has 0 aliphatic heterocycles. The quantitative estimate of drug-likeness (QED) is 0.639. The summed E-state index contributed by atoms with van der Waals surface area (Å²) < 4.78 is 0.829. The maximum Gasteiger partial charge on any atom is 0.256 e.